The Balaban J connectivity index is 1.46. The lowest BCUT2D eigenvalue weighted by Gasteiger charge is -2.29. The highest BCUT2D eigenvalue weighted by molar-refractivity contribution is 5.31. The van der Waals surface area contributed by atoms with Crippen LogP contribution in [0.4, 0.5) is 0 Å². The van der Waals surface area contributed by atoms with Gasteiger partial charge >= 0.3 is 0 Å². The molecule has 0 heterocycles. The number of unbranched alkanes of at least 4 members (excludes halogenated alkanes) is 1. The molecule has 0 bridgehead atoms. The lowest BCUT2D eigenvalue weighted by Crippen LogP contribution is -2.26. The first-order valence-corrected chi connectivity index (χ1v) is 10.3. The van der Waals surface area contributed by atoms with Crippen molar-refractivity contribution in [3.63, 3.8) is 0 Å². The van der Waals surface area contributed by atoms with Crippen molar-refractivity contribution in [1.29, 1.82) is 0 Å². The number of benzene rings is 2. The number of hydrogen-bond acceptors (Lipinski definition) is 2. The minimum atomic E-state index is 0.639. The molecule has 1 fully saturated rings. The van der Waals surface area contributed by atoms with Crippen LogP contribution in [0.1, 0.15) is 62.5 Å². The molecule has 0 unspecified atom stereocenters. The maximum absolute atomic E-state index is 6.01. The summed E-state index contributed by atoms with van der Waals surface area (Å²) in [5.41, 5.74) is 2.67. The van der Waals surface area contributed by atoms with Crippen LogP contribution >= 0.6 is 0 Å². The Hall–Kier alpha value is -1.80. The third-order valence-corrected chi connectivity index (χ3v) is 5.56. The van der Waals surface area contributed by atoms with E-state index in [9.17, 15) is 0 Å². The van der Waals surface area contributed by atoms with Gasteiger partial charge in [0.1, 0.15) is 12.4 Å². The predicted octanol–water partition coefficient (Wildman–Crippen LogP) is 5.93. The molecule has 0 aromatic heterocycles. The van der Waals surface area contributed by atoms with Crippen molar-refractivity contribution in [2.45, 2.75) is 58.0 Å². The quantitative estimate of drug-likeness (QED) is 0.565. The largest absolute Gasteiger partial charge is 0.489 e. The van der Waals surface area contributed by atoms with Gasteiger partial charge in [-0.2, -0.15) is 0 Å². The molecular formula is C24H33NO. The average molecular weight is 352 g/mol. The van der Waals surface area contributed by atoms with Gasteiger partial charge in [0, 0.05) is 0 Å². The summed E-state index contributed by atoms with van der Waals surface area (Å²) in [6, 6.07) is 19.1. The van der Waals surface area contributed by atoms with Gasteiger partial charge in [-0.05, 0) is 80.3 Å². The third kappa shape index (κ3) is 5.88. The van der Waals surface area contributed by atoms with Crippen molar-refractivity contribution in [2.24, 2.45) is 5.92 Å². The summed E-state index contributed by atoms with van der Waals surface area (Å²) in [5, 5.41) is 3.63. The lowest BCUT2D eigenvalue weighted by molar-refractivity contribution is 0.301. The number of rotatable bonds is 9. The molecule has 140 valence electrons. The zero-order chi connectivity index (χ0) is 18.0. The van der Waals surface area contributed by atoms with Gasteiger partial charge in [0.25, 0.3) is 0 Å². The van der Waals surface area contributed by atoms with Gasteiger partial charge in [0.15, 0.2) is 0 Å². The molecule has 0 saturated heterocycles. The van der Waals surface area contributed by atoms with Crippen LogP contribution in [-0.4, -0.2) is 13.1 Å². The monoisotopic (exact) mass is 351 g/mol. The zero-order valence-electron chi connectivity index (χ0n) is 16.1. The van der Waals surface area contributed by atoms with E-state index in [1.807, 2.05) is 6.07 Å². The SMILES string of the molecule is CCCCNCC1CCC(c2cccc(OCc3ccccc3)c2)CC1. The van der Waals surface area contributed by atoms with Gasteiger partial charge < -0.3 is 10.1 Å². The molecule has 26 heavy (non-hydrogen) atoms. The van der Waals surface area contributed by atoms with Gasteiger partial charge in [0.2, 0.25) is 0 Å². The maximum Gasteiger partial charge on any atom is 0.120 e. The van der Waals surface area contributed by atoms with Crippen LogP contribution in [0.2, 0.25) is 0 Å². The van der Waals surface area contributed by atoms with Crippen LogP contribution in [0, 0.1) is 5.92 Å². The van der Waals surface area contributed by atoms with Crippen molar-refractivity contribution < 1.29 is 4.74 Å². The van der Waals surface area contributed by atoms with Gasteiger partial charge in [0.05, 0.1) is 0 Å². The first-order chi connectivity index (χ1) is 12.8. The highest BCUT2D eigenvalue weighted by atomic mass is 16.5. The Kier molecular flexibility index (Phi) is 7.57. The Morgan fingerprint density at radius 3 is 2.54 bits per heavy atom. The first-order valence-electron chi connectivity index (χ1n) is 10.3. The Morgan fingerprint density at radius 2 is 1.77 bits per heavy atom. The van der Waals surface area contributed by atoms with E-state index in [0.717, 1.165) is 11.7 Å². The molecule has 0 atom stereocenters. The van der Waals surface area contributed by atoms with E-state index in [4.69, 9.17) is 4.74 Å². The zero-order valence-corrected chi connectivity index (χ0v) is 16.1. The Labute approximate surface area is 159 Å². The minimum Gasteiger partial charge on any atom is -0.489 e. The van der Waals surface area contributed by atoms with Gasteiger partial charge in [-0.25, -0.2) is 0 Å². The molecule has 0 aliphatic heterocycles. The third-order valence-electron chi connectivity index (χ3n) is 5.56. The topological polar surface area (TPSA) is 21.3 Å². The summed E-state index contributed by atoms with van der Waals surface area (Å²) in [4.78, 5) is 0. The lowest BCUT2D eigenvalue weighted by atomic mass is 9.78. The molecule has 1 aliphatic rings. The maximum atomic E-state index is 6.01. The number of nitrogens with one attached hydrogen (secondary N) is 1. The molecule has 1 saturated carbocycles. The van der Waals surface area contributed by atoms with E-state index in [-0.39, 0.29) is 0 Å². The summed E-state index contributed by atoms with van der Waals surface area (Å²) in [6.07, 6.45) is 7.88. The van der Waals surface area contributed by atoms with E-state index in [2.05, 4.69) is 60.8 Å². The van der Waals surface area contributed by atoms with Crippen molar-refractivity contribution in [3.8, 4) is 5.75 Å². The average Bonchev–Trinajstić information content (AvgIpc) is 2.71. The molecule has 2 nitrogen and oxygen atoms in total. The molecular weight excluding hydrogens is 318 g/mol. The molecule has 1 N–H and O–H groups in total. The fourth-order valence-corrected chi connectivity index (χ4v) is 3.91. The summed E-state index contributed by atoms with van der Waals surface area (Å²) in [5.74, 6) is 2.55. The number of ether oxygens (including phenoxy) is 1. The molecule has 3 rings (SSSR count). The van der Waals surface area contributed by atoms with Crippen molar-refractivity contribution in [2.75, 3.05) is 13.1 Å². The van der Waals surface area contributed by atoms with Crippen molar-refractivity contribution >= 4 is 0 Å². The first kappa shape index (κ1) is 19.0. The van der Waals surface area contributed by atoms with E-state index in [1.165, 1.54) is 62.7 Å². The summed E-state index contributed by atoms with van der Waals surface area (Å²) < 4.78 is 6.01. The molecule has 2 heteroatoms. The molecule has 1 aliphatic carbocycles. The van der Waals surface area contributed by atoms with E-state index < -0.39 is 0 Å². The Bertz CT molecular complexity index is 632. The van der Waals surface area contributed by atoms with Crippen LogP contribution in [0.25, 0.3) is 0 Å². The van der Waals surface area contributed by atoms with Crippen molar-refractivity contribution in [3.05, 3.63) is 65.7 Å². The molecule has 0 spiro atoms. The standard InChI is InChI=1S/C24H33NO/c1-2-3-16-25-18-20-12-14-22(15-13-20)23-10-7-11-24(17-23)26-19-21-8-5-4-6-9-21/h4-11,17,20,22,25H,2-3,12-16,18-19H2,1H3. The van der Waals surface area contributed by atoms with Crippen molar-refractivity contribution in [1.82, 2.24) is 5.32 Å². The highest BCUT2D eigenvalue weighted by Gasteiger charge is 2.22. The number of hydrogen-bond donors (Lipinski definition) is 1. The molecule has 2 aromatic carbocycles. The van der Waals surface area contributed by atoms with Crippen LogP contribution in [0.15, 0.2) is 54.6 Å². The predicted molar refractivity (Wildman–Crippen MR) is 110 cm³/mol. The summed E-state index contributed by atoms with van der Waals surface area (Å²) in [6.45, 7) is 5.27. The minimum absolute atomic E-state index is 0.639. The highest BCUT2D eigenvalue weighted by Crippen LogP contribution is 2.36. The molecule has 0 amide bonds. The van der Waals surface area contributed by atoms with Crippen LogP contribution in [0.3, 0.4) is 0 Å². The fraction of sp³-hybridized carbons (Fsp3) is 0.500. The van der Waals surface area contributed by atoms with Gasteiger partial charge in [-0.3, -0.25) is 0 Å². The van der Waals surface area contributed by atoms with Crippen LogP contribution < -0.4 is 10.1 Å². The molecule has 2 aromatic rings. The second kappa shape index (κ2) is 10.4. The van der Waals surface area contributed by atoms with E-state index >= 15 is 0 Å². The second-order valence-corrected chi connectivity index (χ2v) is 7.62. The van der Waals surface area contributed by atoms with Gasteiger partial charge in [-0.1, -0.05) is 55.8 Å². The summed E-state index contributed by atoms with van der Waals surface area (Å²) in [7, 11) is 0. The van der Waals surface area contributed by atoms with Crippen LogP contribution in [-0.2, 0) is 6.61 Å². The smallest absolute Gasteiger partial charge is 0.120 e. The second-order valence-electron chi connectivity index (χ2n) is 7.62. The Morgan fingerprint density at radius 1 is 0.962 bits per heavy atom. The normalized spacial score (nSPS) is 20.0. The molecule has 0 radical (unpaired) electrons. The van der Waals surface area contributed by atoms with Gasteiger partial charge in [-0.15, -0.1) is 0 Å². The fourth-order valence-electron chi connectivity index (χ4n) is 3.91. The summed E-state index contributed by atoms with van der Waals surface area (Å²) >= 11 is 0. The van der Waals surface area contributed by atoms with E-state index in [1.54, 1.807) is 0 Å². The van der Waals surface area contributed by atoms with Crippen LogP contribution in [0.5, 0.6) is 5.75 Å². The van der Waals surface area contributed by atoms with E-state index in [0.29, 0.717) is 12.5 Å².